The maximum absolute atomic E-state index is 12.5. The van der Waals surface area contributed by atoms with Crippen LogP contribution in [0.1, 0.15) is 39.0 Å². The summed E-state index contributed by atoms with van der Waals surface area (Å²) in [6, 6.07) is 5.40. The molecule has 1 N–H and O–H groups in total. The third-order valence-corrected chi connectivity index (χ3v) is 4.46. The number of carbonyl (C=O) groups is 1. The molecule has 0 saturated carbocycles. The number of likely N-dealkylation sites (tertiary alicyclic amines) is 1. The molecule has 3 rings (SSSR count). The van der Waals surface area contributed by atoms with Gasteiger partial charge in [-0.15, -0.1) is 0 Å². The van der Waals surface area contributed by atoms with Crippen molar-refractivity contribution in [1.82, 2.24) is 4.90 Å². The van der Waals surface area contributed by atoms with Crippen molar-refractivity contribution in [3.8, 4) is 11.5 Å². The van der Waals surface area contributed by atoms with Crippen LogP contribution in [-0.4, -0.2) is 36.7 Å². The normalized spacial score (nSPS) is 20.0. The van der Waals surface area contributed by atoms with Crippen LogP contribution in [0.4, 0.5) is 5.69 Å². The highest BCUT2D eigenvalue weighted by atomic mass is 16.7. The Hall–Kier alpha value is -1.75. The number of benzene rings is 1. The summed E-state index contributed by atoms with van der Waals surface area (Å²) >= 11 is 0. The lowest BCUT2D eigenvalue weighted by atomic mass is 10.1. The Morgan fingerprint density at radius 2 is 1.77 bits per heavy atom. The van der Waals surface area contributed by atoms with E-state index < -0.39 is 0 Å². The van der Waals surface area contributed by atoms with Crippen molar-refractivity contribution in [1.29, 1.82) is 0 Å². The molecule has 1 atom stereocenters. The van der Waals surface area contributed by atoms with Gasteiger partial charge in [0.25, 0.3) is 0 Å². The molecule has 1 aromatic carbocycles. The van der Waals surface area contributed by atoms with E-state index in [9.17, 15) is 4.79 Å². The molecular weight excluding hydrogens is 280 g/mol. The number of fused-ring (bicyclic) bond motifs is 1. The smallest absolute Gasteiger partial charge is 0.241 e. The Bertz CT molecular complexity index is 525. The fraction of sp³-hybridized carbons (Fsp3) is 0.588. The Morgan fingerprint density at radius 1 is 1.09 bits per heavy atom. The van der Waals surface area contributed by atoms with Crippen LogP contribution in [0, 0.1) is 0 Å². The minimum Gasteiger partial charge on any atom is -0.454 e. The largest absolute Gasteiger partial charge is 0.454 e. The lowest BCUT2D eigenvalue weighted by Gasteiger charge is -2.29. The summed E-state index contributed by atoms with van der Waals surface area (Å²) in [6.45, 7) is 4.26. The molecule has 0 aromatic heterocycles. The Balaban J connectivity index is 1.60. The number of rotatable bonds is 3. The molecular formula is C17H24N2O3. The van der Waals surface area contributed by atoms with Crippen LogP contribution in [-0.2, 0) is 4.79 Å². The molecule has 1 amide bonds. The number of nitrogens with one attached hydrogen (secondary N) is 1. The summed E-state index contributed by atoms with van der Waals surface area (Å²) in [4.78, 5) is 14.8. The molecule has 120 valence electrons. The summed E-state index contributed by atoms with van der Waals surface area (Å²) in [5.74, 6) is 1.46. The van der Waals surface area contributed by atoms with Crippen molar-refractivity contribution in [2.24, 2.45) is 0 Å². The average molecular weight is 304 g/mol. The van der Waals surface area contributed by atoms with E-state index in [4.69, 9.17) is 9.47 Å². The molecule has 1 fully saturated rings. The Kier molecular flexibility index (Phi) is 4.83. The monoisotopic (exact) mass is 304 g/mol. The first-order valence-electron chi connectivity index (χ1n) is 8.18. The standard InChI is InChI=1S/C17H24N2O3/c1-13(19-9-5-3-2-4-6-10-19)17(20)18-14-7-8-15-16(11-14)22-12-21-15/h7-8,11,13H,2-6,9-10,12H2,1H3,(H,18,20)/t13-/m1/s1. The van der Waals surface area contributed by atoms with Crippen molar-refractivity contribution >= 4 is 11.6 Å². The molecule has 1 saturated heterocycles. The topological polar surface area (TPSA) is 50.8 Å². The first-order valence-corrected chi connectivity index (χ1v) is 8.18. The van der Waals surface area contributed by atoms with E-state index in [0.29, 0.717) is 5.75 Å². The zero-order valence-electron chi connectivity index (χ0n) is 13.1. The number of carbonyl (C=O) groups excluding carboxylic acids is 1. The van der Waals surface area contributed by atoms with Crippen LogP contribution >= 0.6 is 0 Å². The van der Waals surface area contributed by atoms with E-state index in [-0.39, 0.29) is 18.7 Å². The molecule has 0 radical (unpaired) electrons. The molecule has 2 aliphatic rings. The highest BCUT2D eigenvalue weighted by Crippen LogP contribution is 2.34. The summed E-state index contributed by atoms with van der Waals surface area (Å²) in [5.41, 5.74) is 0.758. The van der Waals surface area contributed by atoms with Gasteiger partial charge in [-0.3, -0.25) is 9.69 Å². The van der Waals surface area contributed by atoms with Crippen molar-refractivity contribution in [3.05, 3.63) is 18.2 Å². The summed E-state index contributed by atoms with van der Waals surface area (Å²) in [6.07, 6.45) is 6.23. The lowest BCUT2D eigenvalue weighted by molar-refractivity contribution is -0.120. The van der Waals surface area contributed by atoms with E-state index in [1.165, 1.54) is 32.1 Å². The van der Waals surface area contributed by atoms with E-state index in [2.05, 4.69) is 10.2 Å². The second-order valence-corrected chi connectivity index (χ2v) is 6.04. The van der Waals surface area contributed by atoms with Gasteiger partial charge in [-0.1, -0.05) is 19.3 Å². The predicted molar refractivity (Wildman–Crippen MR) is 85.3 cm³/mol. The first-order chi connectivity index (χ1) is 10.7. The maximum atomic E-state index is 12.5. The molecule has 2 aliphatic heterocycles. The van der Waals surface area contributed by atoms with Gasteiger partial charge in [0.1, 0.15) is 0 Å². The fourth-order valence-corrected chi connectivity index (χ4v) is 3.05. The van der Waals surface area contributed by atoms with Crippen LogP contribution in [0.2, 0.25) is 0 Å². The second kappa shape index (κ2) is 7.01. The van der Waals surface area contributed by atoms with Gasteiger partial charge in [-0.25, -0.2) is 0 Å². The number of hydrogen-bond donors (Lipinski definition) is 1. The lowest BCUT2D eigenvalue weighted by Crippen LogP contribution is -2.43. The van der Waals surface area contributed by atoms with Crippen molar-refractivity contribution in [2.75, 3.05) is 25.2 Å². The Labute approximate surface area is 131 Å². The van der Waals surface area contributed by atoms with Gasteiger partial charge in [-0.2, -0.15) is 0 Å². The van der Waals surface area contributed by atoms with Gasteiger partial charge < -0.3 is 14.8 Å². The number of hydrogen-bond acceptors (Lipinski definition) is 4. The molecule has 1 aromatic rings. The van der Waals surface area contributed by atoms with E-state index in [1.807, 2.05) is 25.1 Å². The Morgan fingerprint density at radius 3 is 2.55 bits per heavy atom. The van der Waals surface area contributed by atoms with Gasteiger partial charge in [0.15, 0.2) is 11.5 Å². The van der Waals surface area contributed by atoms with Gasteiger partial charge in [0, 0.05) is 11.8 Å². The molecule has 0 spiro atoms. The van der Waals surface area contributed by atoms with Crippen LogP contribution in [0.25, 0.3) is 0 Å². The summed E-state index contributed by atoms with van der Waals surface area (Å²) < 4.78 is 10.6. The first kappa shape index (κ1) is 15.2. The van der Waals surface area contributed by atoms with E-state index in [1.54, 1.807) is 0 Å². The molecule has 5 heteroatoms. The third-order valence-electron chi connectivity index (χ3n) is 4.46. The van der Waals surface area contributed by atoms with Gasteiger partial charge in [-0.05, 0) is 45.0 Å². The molecule has 0 bridgehead atoms. The SMILES string of the molecule is C[C@H](C(=O)Nc1ccc2c(c1)OCO2)N1CCCCCCC1. The maximum Gasteiger partial charge on any atom is 0.241 e. The third kappa shape index (κ3) is 3.53. The summed E-state index contributed by atoms with van der Waals surface area (Å²) in [7, 11) is 0. The highest BCUT2D eigenvalue weighted by molar-refractivity contribution is 5.94. The van der Waals surface area contributed by atoms with Gasteiger partial charge in [0.2, 0.25) is 12.7 Å². The number of nitrogens with zero attached hydrogens (tertiary/aromatic N) is 1. The number of anilines is 1. The minimum absolute atomic E-state index is 0.0411. The van der Waals surface area contributed by atoms with Crippen molar-refractivity contribution in [2.45, 2.75) is 45.1 Å². The average Bonchev–Trinajstić information content (AvgIpc) is 2.94. The van der Waals surface area contributed by atoms with E-state index >= 15 is 0 Å². The fourth-order valence-electron chi connectivity index (χ4n) is 3.05. The van der Waals surface area contributed by atoms with Crippen molar-refractivity contribution < 1.29 is 14.3 Å². The van der Waals surface area contributed by atoms with Crippen molar-refractivity contribution in [3.63, 3.8) is 0 Å². The zero-order chi connectivity index (χ0) is 15.4. The van der Waals surface area contributed by atoms with Crippen LogP contribution in [0.15, 0.2) is 18.2 Å². The highest BCUT2D eigenvalue weighted by Gasteiger charge is 2.22. The zero-order valence-corrected chi connectivity index (χ0v) is 13.1. The predicted octanol–water partition coefficient (Wildman–Crippen LogP) is 3.01. The van der Waals surface area contributed by atoms with E-state index in [0.717, 1.165) is 24.5 Å². The molecule has 22 heavy (non-hydrogen) atoms. The van der Waals surface area contributed by atoms with Crippen LogP contribution < -0.4 is 14.8 Å². The van der Waals surface area contributed by atoms with Crippen LogP contribution in [0.5, 0.6) is 11.5 Å². The molecule has 5 nitrogen and oxygen atoms in total. The number of ether oxygens (including phenoxy) is 2. The second-order valence-electron chi connectivity index (χ2n) is 6.04. The summed E-state index contributed by atoms with van der Waals surface area (Å²) in [5, 5.41) is 2.99. The molecule has 0 aliphatic carbocycles. The minimum atomic E-state index is -0.108. The quantitative estimate of drug-likeness (QED) is 0.932. The molecule has 2 heterocycles. The van der Waals surface area contributed by atoms with Crippen LogP contribution in [0.3, 0.4) is 0 Å². The molecule has 0 unspecified atom stereocenters. The number of amides is 1. The van der Waals surface area contributed by atoms with Gasteiger partial charge in [0.05, 0.1) is 6.04 Å². The van der Waals surface area contributed by atoms with Gasteiger partial charge >= 0.3 is 0 Å².